The van der Waals surface area contributed by atoms with E-state index in [0.29, 0.717) is 25.9 Å². The van der Waals surface area contributed by atoms with Crippen LogP contribution in [0.4, 0.5) is 0 Å². The van der Waals surface area contributed by atoms with Crippen LogP contribution in [0.1, 0.15) is 42.8 Å². The van der Waals surface area contributed by atoms with Crippen LogP contribution >= 0.6 is 0 Å². The van der Waals surface area contributed by atoms with Gasteiger partial charge < -0.3 is 19.6 Å². The summed E-state index contributed by atoms with van der Waals surface area (Å²) < 4.78 is 9.69. The summed E-state index contributed by atoms with van der Waals surface area (Å²) in [5, 5.41) is 13.2. The third-order valence-corrected chi connectivity index (χ3v) is 3.20. The summed E-state index contributed by atoms with van der Waals surface area (Å²) >= 11 is 0. The van der Waals surface area contributed by atoms with Crippen molar-refractivity contribution in [1.82, 2.24) is 5.32 Å². The van der Waals surface area contributed by atoms with Gasteiger partial charge in [0.1, 0.15) is 0 Å². The number of hydrogen-bond donors (Lipinski definition) is 2. The number of esters is 1. The Bertz CT molecular complexity index is 382. The number of hydrogen-bond acceptors (Lipinski definition) is 5. The maximum absolute atomic E-state index is 11.4. The number of carbonyl (C=O) groups excluding carboxylic acids is 1. The molecule has 1 heterocycles. The van der Waals surface area contributed by atoms with Crippen LogP contribution in [-0.2, 0) is 11.3 Å². The van der Waals surface area contributed by atoms with Gasteiger partial charge in [0.2, 0.25) is 5.76 Å². The third kappa shape index (κ3) is 3.58. The van der Waals surface area contributed by atoms with Crippen LogP contribution in [0.2, 0.25) is 0 Å². The molecule has 18 heavy (non-hydrogen) atoms. The van der Waals surface area contributed by atoms with Crippen LogP contribution in [0.15, 0.2) is 16.7 Å². The SMILES string of the molecule is CCC(O)(CC)CNCc1ccoc1C(=O)OC. The number of aliphatic hydroxyl groups is 1. The van der Waals surface area contributed by atoms with Gasteiger partial charge in [0.25, 0.3) is 0 Å². The molecule has 0 aliphatic carbocycles. The highest BCUT2D eigenvalue weighted by atomic mass is 16.5. The average Bonchev–Trinajstić information content (AvgIpc) is 2.86. The van der Waals surface area contributed by atoms with Crippen molar-refractivity contribution in [3.63, 3.8) is 0 Å². The van der Waals surface area contributed by atoms with Crippen LogP contribution in [0, 0.1) is 0 Å². The van der Waals surface area contributed by atoms with Crippen LogP contribution in [0.3, 0.4) is 0 Å². The van der Waals surface area contributed by atoms with E-state index in [2.05, 4.69) is 10.1 Å². The lowest BCUT2D eigenvalue weighted by Crippen LogP contribution is -2.39. The van der Waals surface area contributed by atoms with E-state index in [1.807, 2.05) is 13.8 Å². The largest absolute Gasteiger partial charge is 0.463 e. The zero-order valence-electron chi connectivity index (χ0n) is 11.2. The number of methoxy groups -OCH3 is 1. The normalized spacial score (nSPS) is 11.6. The average molecular weight is 255 g/mol. The van der Waals surface area contributed by atoms with Crippen molar-refractivity contribution in [3.8, 4) is 0 Å². The zero-order chi connectivity index (χ0) is 13.6. The molecule has 0 amide bonds. The maximum Gasteiger partial charge on any atom is 0.374 e. The van der Waals surface area contributed by atoms with Crippen LogP contribution in [-0.4, -0.2) is 30.3 Å². The molecule has 0 aliphatic rings. The van der Waals surface area contributed by atoms with Gasteiger partial charge in [-0.15, -0.1) is 0 Å². The molecule has 0 saturated heterocycles. The molecule has 1 aromatic heterocycles. The quantitative estimate of drug-likeness (QED) is 0.726. The monoisotopic (exact) mass is 255 g/mol. The van der Waals surface area contributed by atoms with Crippen molar-refractivity contribution < 1.29 is 19.1 Å². The highest BCUT2D eigenvalue weighted by Gasteiger charge is 2.22. The number of furan rings is 1. The van der Waals surface area contributed by atoms with E-state index in [0.717, 1.165) is 5.56 Å². The lowest BCUT2D eigenvalue weighted by Gasteiger charge is -2.25. The molecule has 0 bridgehead atoms. The summed E-state index contributed by atoms with van der Waals surface area (Å²) in [5.41, 5.74) is 0.0335. The minimum atomic E-state index is -0.699. The Labute approximate surface area is 107 Å². The number of carbonyl (C=O) groups is 1. The molecule has 1 rings (SSSR count). The predicted molar refractivity (Wildman–Crippen MR) is 67.3 cm³/mol. The molecule has 102 valence electrons. The molecule has 0 fully saturated rings. The van der Waals surface area contributed by atoms with Gasteiger partial charge in [-0.2, -0.15) is 0 Å². The van der Waals surface area contributed by atoms with E-state index < -0.39 is 11.6 Å². The smallest absolute Gasteiger partial charge is 0.374 e. The summed E-state index contributed by atoms with van der Waals surface area (Å²) in [4.78, 5) is 11.4. The Morgan fingerprint density at radius 1 is 1.50 bits per heavy atom. The Balaban J connectivity index is 2.54. The first-order chi connectivity index (χ1) is 8.56. The number of ether oxygens (including phenoxy) is 1. The van der Waals surface area contributed by atoms with Gasteiger partial charge in [-0.25, -0.2) is 4.79 Å². The molecular formula is C13H21NO4. The first-order valence-corrected chi connectivity index (χ1v) is 6.14. The minimum Gasteiger partial charge on any atom is -0.463 e. The Hall–Kier alpha value is -1.33. The van der Waals surface area contributed by atoms with Crippen LogP contribution in [0.25, 0.3) is 0 Å². The minimum absolute atomic E-state index is 0.210. The molecule has 0 saturated carbocycles. The van der Waals surface area contributed by atoms with Crippen molar-refractivity contribution in [3.05, 3.63) is 23.7 Å². The second-order valence-electron chi connectivity index (χ2n) is 4.30. The van der Waals surface area contributed by atoms with Gasteiger partial charge in [-0.1, -0.05) is 13.8 Å². The molecule has 0 aromatic carbocycles. The van der Waals surface area contributed by atoms with Gasteiger partial charge in [0.05, 0.1) is 19.0 Å². The summed E-state index contributed by atoms with van der Waals surface area (Å²) in [6.07, 6.45) is 2.83. The summed E-state index contributed by atoms with van der Waals surface area (Å²) in [6, 6.07) is 1.72. The van der Waals surface area contributed by atoms with Crippen molar-refractivity contribution in [2.75, 3.05) is 13.7 Å². The van der Waals surface area contributed by atoms with Gasteiger partial charge in [-0.05, 0) is 18.9 Å². The van der Waals surface area contributed by atoms with Crippen LogP contribution < -0.4 is 5.32 Å². The first-order valence-electron chi connectivity index (χ1n) is 6.14. The summed E-state index contributed by atoms with van der Waals surface area (Å²) in [5.74, 6) is -0.278. The fraction of sp³-hybridized carbons (Fsp3) is 0.615. The lowest BCUT2D eigenvalue weighted by atomic mass is 9.97. The first kappa shape index (κ1) is 14.7. The Morgan fingerprint density at radius 2 is 2.17 bits per heavy atom. The lowest BCUT2D eigenvalue weighted by molar-refractivity contribution is 0.0322. The van der Waals surface area contributed by atoms with E-state index in [9.17, 15) is 9.90 Å². The highest BCUT2D eigenvalue weighted by Crippen LogP contribution is 2.15. The fourth-order valence-electron chi connectivity index (χ4n) is 1.68. The molecule has 0 aliphatic heterocycles. The van der Waals surface area contributed by atoms with Gasteiger partial charge in [-0.3, -0.25) is 0 Å². The Kier molecular flexibility index (Phi) is 5.37. The van der Waals surface area contributed by atoms with Gasteiger partial charge >= 0.3 is 5.97 Å². The Morgan fingerprint density at radius 3 is 2.72 bits per heavy atom. The van der Waals surface area contributed by atoms with Crippen molar-refractivity contribution in [2.24, 2.45) is 0 Å². The number of nitrogens with one attached hydrogen (secondary N) is 1. The maximum atomic E-state index is 11.4. The second-order valence-corrected chi connectivity index (χ2v) is 4.30. The molecule has 0 unspecified atom stereocenters. The van der Waals surface area contributed by atoms with E-state index in [-0.39, 0.29) is 5.76 Å². The van der Waals surface area contributed by atoms with E-state index >= 15 is 0 Å². The molecule has 0 radical (unpaired) electrons. The van der Waals surface area contributed by atoms with Crippen LogP contribution in [0.5, 0.6) is 0 Å². The molecule has 5 nitrogen and oxygen atoms in total. The van der Waals surface area contributed by atoms with E-state index in [4.69, 9.17) is 4.42 Å². The molecule has 2 N–H and O–H groups in total. The molecular weight excluding hydrogens is 234 g/mol. The molecule has 5 heteroatoms. The molecule has 0 spiro atoms. The third-order valence-electron chi connectivity index (χ3n) is 3.20. The fourth-order valence-corrected chi connectivity index (χ4v) is 1.68. The molecule has 0 atom stereocenters. The summed E-state index contributed by atoms with van der Waals surface area (Å²) in [6.45, 7) is 4.83. The molecule has 1 aromatic rings. The predicted octanol–water partition coefficient (Wildman–Crippen LogP) is 1.71. The van der Waals surface area contributed by atoms with Crippen molar-refractivity contribution >= 4 is 5.97 Å². The van der Waals surface area contributed by atoms with Gasteiger partial charge in [0.15, 0.2) is 0 Å². The number of rotatable bonds is 7. The second kappa shape index (κ2) is 6.56. The van der Waals surface area contributed by atoms with E-state index in [1.54, 1.807) is 6.07 Å². The zero-order valence-corrected chi connectivity index (χ0v) is 11.2. The van der Waals surface area contributed by atoms with E-state index in [1.165, 1.54) is 13.4 Å². The summed E-state index contributed by atoms with van der Waals surface area (Å²) in [7, 11) is 1.31. The van der Waals surface area contributed by atoms with Crippen molar-refractivity contribution in [2.45, 2.75) is 38.8 Å². The van der Waals surface area contributed by atoms with Crippen molar-refractivity contribution in [1.29, 1.82) is 0 Å². The highest BCUT2D eigenvalue weighted by molar-refractivity contribution is 5.87. The van der Waals surface area contributed by atoms with Gasteiger partial charge in [0, 0.05) is 18.7 Å². The standard InChI is InChI=1S/C13H21NO4/c1-4-13(16,5-2)9-14-8-10-6-7-18-11(10)12(15)17-3/h6-7,14,16H,4-5,8-9H2,1-3H3. The topological polar surface area (TPSA) is 71.7 Å².